The molecule has 3 aliphatic heterocycles. The van der Waals surface area contributed by atoms with Gasteiger partial charge in [-0.1, -0.05) is 0 Å². The highest BCUT2D eigenvalue weighted by atomic mass is 16.2. The Morgan fingerprint density at radius 3 is 2.72 bits per heavy atom. The molecule has 0 aliphatic carbocycles. The number of pyridine rings is 2. The Hall–Kier alpha value is -3.20. The van der Waals surface area contributed by atoms with Crippen LogP contribution in [0.5, 0.6) is 0 Å². The van der Waals surface area contributed by atoms with E-state index in [1.807, 2.05) is 17.2 Å². The van der Waals surface area contributed by atoms with E-state index in [-0.39, 0.29) is 18.0 Å². The predicted molar refractivity (Wildman–Crippen MR) is 122 cm³/mol. The third-order valence-corrected chi connectivity index (χ3v) is 6.65. The molecule has 0 bridgehead atoms. The van der Waals surface area contributed by atoms with Crippen molar-refractivity contribution in [2.24, 2.45) is 0 Å². The molecule has 2 N–H and O–H groups in total. The van der Waals surface area contributed by atoms with Crippen LogP contribution in [-0.4, -0.2) is 71.5 Å². The molecule has 0 spiro atoms. The second-order valence-corrected chi connectivity index (χ2v) is 8.66. The summed E-state index contributed by atoms with van der Waals surface area (Å²) in [6.07, 6.45) is 6.94. The number of piperidine rings is 1. The van der Waals surface area contributed by atoms with Crippen LogP contribution in [0.3, 0.4) is 0 Å². The van der Waals surface area contributed by atoms with E-state index in [0.717, 1.165) is 81.2 Å². The highest BCUT2D eigenvalue weighted by Crippen LogP contribution is 2.37. The Morgan fingerprint density at radius 1 is 1.12 bits per heavy atom. The van der Waals surface area contributed by atoms with Gasteiger partial charge < -0.3 is 20.4 Å². The summed E-state index contributed by atoms with van der Waals surface area (Å²) in [4.78, 5) is 39.8. The minimum Gasteiger partial charge on any atom is -0.368 e. The summed E-state index contributed by atoms with van der Waals surface area (Å²) in [6.45, 7) is 5.27. The molecule has 2 aromatic rings. The average Bonchev–Trinajstić information content (AvgIpc) is 2.84. The van der Waals surface area contributed by atoms with Crippen LogP contribution in [0.4, 0.5) is 16.2 Å². The van der Waals surface area contributed by atoms with Gasteiger partial charge in [-0.3, -0.25) is 14.7 Å². The molecule has 0 saturated carbocycles. The zero-order valence-corrected chi connectivity index (χ0v) is 18.4. The largest absolute Gasteiger partial charge is 0.368 e. The standard InChI is InChI=1S/C23H29N7O2/c1-24-22(31)18-6-5-17(14-25-18)29-10-8-28(9-11-29)15-16-12-19-21(26-13-16)20-4-2-3-7-30(20)23(32)27-19/h5-6,12-14,20H,2-4,7-11,15H2,1H3,(H,24,31)(H,27,32). The van der Waals surface area contributed by atoms with E-state index in [0.29, 0.717) is 5.69 Å². The number of piperazine rings is 1. The summed E-state index contributed by atoms with van der Waals surface area (Å²) >= 11 is 0. The van der Waals surface area contributed by atoms with Crippen molar-refractivity contribution in [2.45, 2.75) is 31.8 Å². The van der Waals surface area contributed by atoms with Crippen LogP contribution in [0.2, 0.25) is 0 Å². The van der Waals surface area contributed by atoms with E-state index >= 15 is 0 Å². The molecular weight excluding hydrogens is 406 g/mol. The maximum Gasteiger partial charge on any atom is 0.322 e. The Bertz CT molecular complexity index is 1000. The normalized spacial score (nSPS) is 20.9. The fraction of sp³-hybridized carbons (Fsp3) is 0.478. The van der Waals surface area contributed by atoms with Gasteiger partial charge in [0.05, 0.1) is 29.3 Å². The van der Waals surface area contributed by atoms with Gasteiger partial charge in [-0.05, 0) is 43.0 Å². The topological polar surface area (TPSA) is 93.7 Å². The number of carbonyl (C=O) groups excluding carboxylic acids is 2. The number of urea groups is 1. The summed E-state index contributed by atoms with van der Waals surface area (Å²) in [7, 11) is 1.60. The first-order valence-electron chi connectivity index (χ1n) is 11.3. The fourth-order valence-electron chi connectivity index (χ4n) is 4.87. The number of amides is 3. The van der Waals surface area contributed by atoms with Gasteiger partial charge in [-0.2, -0.15) is 0 Å². The lowest BCUT2D eigenvalue weighted by molar-refractivity contribution is 0.0958. The zero-order chi connectivity index (χ0) is 22.1. The molecule has 9 nitrogen and oxygen atoms in total. The highest BCUT2D eigenvalue weighted by molar-refractivity contribution is 5.93. The molecule has 1 unspecified atom stereocenters. The van der Waals surface area contributed by atoms with E-state index < -0.39 is 0 Å². The van der Waals surface area contributed by atoms with E-state index in [4.69, 9.17) is 4.98 Å². The average molecular weight is 436 g/mol. The molecule has 0 aromatic carbocycles. The lowest BCUT2D eigenvalue weighted by Crippen LogP contribution is -2.46. The Kier molecular flexibility index (Phi) is 5.65. The van der Waals surface area contributed by atoms with Crippen LogP contribution in [0.1, 0.15) is 47.1 Å². The van der Waals surface area contributed by atoms with Crippen LogP contribution in [0.25, 0.3) is 0 Å². The number of aromatic nitrogens is 2. The number of fused-ring (bicyclic) bond motifs is 3. The number of rotatable bonds is 4. The minimum absolute atomic E-state index is 0.00538. The van der Waals surface area contributed by atoms with Crippen molar-refractivity contribution in [3.8, 4) is 0 Å². The molecule has 5 heterocycles. The van der Waals surface area contributed by atoms with Crippen molar-refractivity contribution in [2.75, 3.05) is 50.0 Å². The lowest BCUT2D eigenvalue weighted by atomic mass is 9.96. The van der Waals surface area contributed by atoms with E-state index in [1.54, 1.807) is 19.3 Å². The molecule has 1 atom stereocenters. The van der Waals surface area contributed by atoms with Gasteiger partial charge >= 0.3 is 6.03 Å². The SMILES string of the molecule is CNC(=O)c1ccc(N2CCN(Cc3cnc4c(c3)NC(=O)N3CCCCC43)CC2)cn1. The van der Waals surface area contributed by atoms with E-state index in [9.17, 15) is 9.59 Å². The van der Waals surface area contributed by atoms with Crippen molar-refractivity contribution >= 4 is 23.3 Å². The van der Waals surface area contributed by atoms with Crippen LogP contribution in [0, 0.1) is 0 Å². The molecule has 2 saturated heterocycles. The molecule has 168 valence electrons. The van der Waals surface area contributed by atoms with E-state index in [1.165, 1.54) is 0 Å². The first kappa shape index (κ1) is 20.7. The Morgan fingerprint density at radius 2 is 1.97 bits per heavy atom. The second-order valence-electron chi connectivity index (χ2n) is 8.66. The first-order chi connectivity index (χ1) is 15.6. The molecule has 2 fully saturated rings. The zero-order valence-electron chi connectivity index (χ0n) is 18.4. The number of hydrogen-bond acceptors (Lipinski definition) is 6. The number of nitrogens with one attached hydrogen (secondary N) is 2. The second kappa shape index (κ2) is 8.74. The summed E-state index contributed by atoms with van der Waals surface area (Å²) in [5.41, 5.74) is 4.46. The molecule has 2 aromatic heterocycles. The smallest absolute Gasteiger partial charge is 0.322 e. The van der Waals surface area contributed by atoms with Crippen molar-refractivity contribution in [1.82, 2.24) is 25.1 Å². The quantitative estimate of drug-likeness (QED) is 0.765. The third-order valence-electron chi connectivity index (χ3n) is 6.65. The Labute approximate surface area is 187 Å². The number of nitrogens with zero attached hydrogens (tertiary/aromatic N) is 5. The number of carbonyl (C=O) groups is 2. The lowest BCUT2D eigenvalue weighted by Gasteiger charge is -2.40. The number of hydrogen-bond donors (Lipinski definition) is 2. The predicted octanol–water partition coefficient (Wildman–Crippen LogP) is 2.23. The molecule has 32 heavy (non-hydrogen) atoms. The summed E-state index contributed by atoms with van der Waals surface area (Å²) in [6, 6.07) is 5.94. The molecule has 5 rings (SSSR count). The van der Waals surface area contributed by atoms with Crippen molar-refractivity contribution in [1.29, 1.82) is 0 Å². The van der Waals surface area contributed by atoms with Gasteiger partial charge in [0.1, 0.15) is 5.69 Å². The maximum absolute atomic E-state index is 12.5. The van der Waals surface area contributed by atoms with Crippen molar-refractivity contribution in [3.63, 3.8) is 0 Å². The minimum atomic E-state index is -0.174. The Balaban J connectivity index is 1.20. The van der Waals surface area contributed by atoms with Gasteiger partial charge in [-0.25, -0.2) is 9.78 Å². The van der Waals surface area contributed by atoms with Crippen LogP contribution in [-0.2, 0) is 6.54 Å². The summed E-state index contributed by atoms with van der Waals surface area (Å²) in [5, 5.41) is 5.64. The van der Waals surface area contributed by atoms with Gasteiger partial charge in [0.15, 0.2) is 0 Å². The van der Waals surface area contributed by atoms with Crippen LogP contribution in [0.15, 0.2) is 30.6 Å². The van der Waals surface area contributed by atoms with Crippen molar-refractivity contribution in [3.05, 3.63) is 47.5 Å². The van der Waals surface area contributed by atoms with Gasteiger partial charge in [-0.15, -0.1) is 0 Å². The monoisotopic (exact) mass is 435 g/mol. The third kappa shape index (κ3) is 4.00. The maximum atomic E-state index is 12.5. The molecule has 0 radical (unpaired) electrons. The summed E-state index contributed by atoms with van der Waals surface area (Å²) < 4.78 is 0. The van der Waals surface area contributed by atoms with E-state index in [2.05, 4.69) is 31.5 Å². The fourth-order valence-corrected chi connectivity index (χ4v) is 4.87. The van der Waals surface area contributed by atoms with Gasteiger partial charge in [0.2, 0.25) is 0 Å². The highest BCUT2D eigenvalue weighted by Gasteiger charge is 2.35. The number of anilines is 2. The molecule has 9 heteroatoms. The molecule has 3 amide bonds. The molecule has 3 aliphatic rings. The van der Waals surface area contributed by atoms with Crippen LogP contribution >= 0.6 is 0 Å². The summed E-state index contributed by atoms with van der Waals surface area (Å²) in [5.74, 6) is -0.174. The van der Waals surface area contributed by atoms with Gasteiger partial charge in [0.25, 0.3) is 5.91 Å². The van der Waals surface area contributed by atoms with Crippen molar-refractivity contribution < 1.29 is 9.59 Å². The van der Waals surface area contributed by atoms with Crippen LogP contribution < -0.4 is 15.5 Å². The van der Waals surface area contributed by atoms with Gasteiger partial charge in [0, 0.05) is 52.5 Å². The first-order valence-corrected chi connectivity index (χ1v) is 11.3. The molecular formula is C23H29N7O2.